The number of aliphatic imine (C=N–C) groups is 1. The molecule has 1 aliphatic heterocycles. The average molecular weight is 299 g/mol. The summed E-state index contributed by atoms with van der Waals surface area (Å²) in [5, 5.41) is 5.49. The van der Waals surface area contributed by atoms with Gasteiger partial charge in [-0.1, -0.05) is 37.2 Å². The van der Waals surface area contributed by atoms with Crippen LogP contribution < -0.4 is 10.1 Å². The summed E-state index contributed by atoms with van der Waals surface area (Å²) in [4.78, 5) is 4.53. The summed E-state index contributed by atoms with van der Waals surface area (Å²) in [5.41, 5.74) is 0.845. The first-order valence-corrected chi connectivity index (χ1v) is 7.66. The number of benzene rings is 1. The highest BCUT2D eigenvalue weighted by Crippen LogP contribution is 2.31. The fourth-order valence-corrected chi connectivity index (χ4v) is 3.41. The number of amidine groups is 1. The molecule has 0 bridgehead atoms. The van der Waals surface area contributed by atoms with Gasteiger partial charge in [0.05, 0.1) is 24.4 Å². The second-order valence-electron chi connectivity index (χ2n) is 4.99. The molecular formula is C14H19ClN2OS. The van der Waals surface area contributed by atoms with Gasteiger partial charge in [0.2, 0.25) is 0 Å². The predicted molar refractivity (Wildman–Crippen MR) is 84.8 cm³/mol. The largest absolute Gasteiger partial charge is 0.497 e. The topological polar surface area (TPSA) is 33.6 Å². The van der Waals surface area contributed by atoms with Crippen molar-refractivity contribution in [1.29, 1.82) is 0 Å². The Morgan fingerprint density at radius 3 is 3.00 bits per heavy atom. The van der Waals surface area contributed by atoms with Crippen molar-refractivity contribution in [3.8, 4) is 5.75 Å². The molecule has 0 aromatic heterocycles. The normalized spacial score (nSPS) is 18.6. The Morgan fingerprint density at radius 2 is 2.32 bits per heavy atom. The van der Waals surface area contributed by atoms with E-state index in [4.69, 9.17) is 16.3 Å². The van der Waals surface area contributed by atoms with Gasteiger partial charge in [-0.2, -0.15) is 0 Å². The van der Waals surface area contributed by atoms with Gasteiger partial charge in [0.1, 0.15) is 5.75 Å². The third kappa shape index (κ3) is 4.05. The van der Waals surface area contributed by atoms with Gasteiger partial charge in [0.15, 0.2) is 5.17 Å². The molecule has 1 heterocycles. The summed E-state index contributed by atoms with van der Waals surface area (Å²) in [7, 11) is 1.65. The van der Waals surface area contributed by atoms with Crippen LogP contribution >= 0.6 is 23.4 Å². The van der Waals surface area contributed by atoms with Crippen molar-refractivity contribution in [1.82, 2.24) is 0 Å². The molecule has 1 aromatic carbocycles. The lowest BCUT2D eigenvalue weighted by atomic mass is 10.1. The van der Waals surface area contributed by atoms with E-state index in [0.29, 0.717) is 16.2 Å². The molecule has 0 radical (unpaired) electrons. The lowest BCUT2D eigenvalue weighted by molar-refractivity contribution is 0.415. The number of methoxy groups -OCH3 is 1. The number of rotatable bonds is 4. The maximum Gasteiger partial charge on any atom is 0.161 e. The Labute approximate surface area is 123 Å². The molecule has 19 heavy (non-hydrogen) atoms. The molecule has 1 N–H and O–H groups in total. The minimum Gasteiger partial charge on any atom is -0.497 e. The van der Waals surface area contributed by atoms with Crippen LogP contribution in [-0.4, -0.2) is 24.1 Å². The van der Waals surface area contributed by atoms with Crippen LogP contribution in [0.25, 0.3) is 0 Å². The van der Waals surface area contributed by atoms with Crippen LogP contribution in [0.15, 0.2) is 23.2 Å². The van der Waals surface area contributed by atoms with Crippen LogP contribution in [0, 0.1) is 5.92 Å². The van der Waals surface area contributed by atoms with E-state index in [0.717, 1.165) is 23.1 Å². The molecule has 1 aliphatic rings. The molecule has 3 nitrogen and oxygen atoms in total. The molecule has 1 aromatic rings. The first kappa shape index (κ1) is 14.5. The van der Waals surface area contributed by atoms with Crippen molar-refractivity contribution in [2.75, 3.05) is 19.0 Å². The van der Waals surface area contributed by atoms with Crippen LogP contribution in [0.4, 0.5) is 5.69 Å². The predicted octanol–water partition coefficient (Wildman–Crippen LogP) is 4.28. The summed E-state index contributed by atoms with van der Waals surface area (Å²) >= 11 is 7.97. The lowest BCUT2D eigenvalue weighted by Crippen LogP contribution is -2.10. The first-order chi connectivity index (χ1) is 9.08. The Morgan fingerprint density at radius 1 is 1.53 bits per heavy atom. The first-order valence-electron chi connectivity index (χ1n) is 6.40. The molecule has 1 atom stereocenters. The van der Waals surface area contributed by atoms with E-state index >= 15 is 0 Å². The van der Waals surface area contributed by atoms with Crippen LogP contribution in [0.2, 0.25) is 5.02 Å². The molecule has 5 heteroatoms. The molecule has 0 saturated heterocycles. The van der Waals surface area contributed by atoms with Gasteiger partial charge < -0.3 is 10.1 Å². The maximum absolute atomic E-state index is 6.17. The van der Waals surface area contributed by atoms with E-state index in [-0.39, 0.29) is 0 Å². The number of hydrogen-bond donors (Lipinski definition) is 1. The fourth-order valence-electron chi connectivity index (χ4n) is 1.98. The molecule has 0 aliphatic carbocycles. The lowest BCUT2D eigenvalue weighted by Gasteiger charge is -2.12. The van der Waals surface area contributed by atoms with Gasteiger partial charge in [-0.25, -0.2) is 0 Å². The van der Waals surface area contributed by atoms with Crippen LogP contribution in [0.1, 0.15) is 20.3 Å². The summed E-state index contributed by atoms with van der Waals surface area (Å²) in [6, 6.07) is 5.56. The Hall–Kier alpha value is -0.870. The Kier molecular flexibility index (Phi) is 4.99. The number of nitrogens with zero attached hydrogens (tertiary/aromatic N) is 1. The molecular weight excluding hydrogens is 280 g/mol. The van der Waals surface area contributed by atoms with E-state index < -0.39 is 0 Å². The highest BCUT2D eigenvalue weighted by atomic mass is 35.5. The molecule has 2 rings (SSSR count). The minimum atomic E-state index is 0.576. The fraction of sp³-hybridized carbons (Fsp3) is 0.500. The van der Waals surface area contributed by atoms with Crippen molar-refractivity contribution in [3.05, 3.63) is 23.2 Å². The third-order valence-electron chi connectivity index (χ3n) is 2.87. The van der Waals surface area contributed by atoms with E-state index in [1.54, 1.807) is 18.9 Å². The molecule has 0 fully saturated rings. The summed E-state index contributed by atoms with van der Waals surface area (Å²) < 4.78 is 5.20. The molecule has 1 unspecified atom stereocenters. The average Bonchev–Trinajstić information content (AvgIpc) is 2.78. The van der Waals surface area contributed by atoms with Crippen LogP contribution in [0.3, 0.4) is 0 Å². The minimum absolute atomic E-state index is 0.576. The standard InChI is InChI=1S/C14H19ClN2OS/c1-9(2)6-11-8-16-14(19-11)17-13-7-10(18-3)4-5-12(13)15/h4-5,7,9,11H,6,8H2,1-3H3,(H,16,17). The monoisotopic (exact) mass is 298 g/mol. The zero-order chi connectivity index (χ0) is 13.8. The summed E-state index contributed by atoms with van der Waals surface area (Å²) in [6.45, 7) is 5.36. The van der Waals surface area contributed by atoms with Gasteiger partial charge >= 0.3 is 0 Å². The van der Waals surface area contributed by atoms with Gasteiger partial charge in [-0.3, -0.25) is 4.99 Å². The molecule has 0 spiro atoms. The third-order valence-corrected chi connectivity index (χ3v) is 4.33. The van der Waals surface area contributed by atoms with Crippen LogP contribution in [0.5, 0.6) is 5.75 Å². The van der Waals surface area contributed by atoms with Crippen molar-refractivity contribution < 1.29 is 4.74 Å². The quantitative estimate of drug-likeness (QED) is 0.901. The highest BCUT2D eigenvalue weighted by Gasteiger charge is 2.21. The van der Waals surface area contributed by atoms with E-state index in [1.165, 1.54) is 6.42 Å². The zero-order valence-electron chi connectivity index (χ0n) is 11.4. The van der Waals surface area contributed by atoms with Crippen molar-refractivity contribution in [2.45, 2.75) is 25.5 Å². The van der Waals surface area contributed by atoms with Gasteiger partial charge in [0.25, 0.3) is 0 Å². The van der Waals surface area contributed by atoms with Gasteiger partial charge in [-0.05, 0) is 24.5 Å². The van der Waals surface area contributed by atoms with Gasteiger partial charge in [-0.15, -0.1) is 0 Å². The Balaban J connectivity index is 1.99. The zero-order valence-corrected chi connectivity index (χ0v) is 13.0. The van der Waals surface area contributed by atoms with Crippen molar-refractivity contribution >= 4 is 34.2 Å². The number of ether oxygens (including phenoxy) is 1. The number of nitrogens with one attached hydrogen (secondary N) is 1. The molecule has 104 valence electrons. The summed E-state index contributed by atoms with van der Waals surface area (Å²) in [5.74, 6) is 1.49. The number of halogens is 1. The second-order valence-corrected chi connectivity index (χ2v) is 6.68. The summed E-state index contributed by atoms with van der Waals surface area (Å²) in [6.07, 6.45) is 1.19. The maximum atomic E-state index is 6.17. The van der Waals surface area contributed by atoms with E-state index in [1.807, 2.05) is 18.2 Å². The SMILES string of the molecule is COc1ccc(Cl)c(NC2=NCC(CC(C)C)S2)c1. The van der Waals surface area contributed by atoms with Crippen LogP contribution in [-0.2, 0) is 0 Å². The molecule has 0 saturated carbocycles. The number of thioether (sulfide) groups is 1. The second kappa shape index (κ2) is 6.53. The van der Waals surface area contributed by atoms with Gasteiger partial charge in [0, 0.05) is 11.3 Å². The van der Waals surface area contributed by atoms with Crippen molar-refractivity contribution in [2.24, 2.45) is 10.9 Å². The Bertz CT molecular complexity index is 477. The number of anilines is 1. The molecule has 0 amide bonds. The van der Waals surface area contributed by atoms with E-state index in [2.05, 4.69) is 24.2 Å². The number of hydrogen-bond acceptors (Lipinski definition) is 4. The van der Waals surface area contributed by atoms with E-state index in [9.17, 15) is 0 Å². The van der Waals surface area contributed by atoms with Crippen molar-refractivity contribution in [3.63, 3.8) is 0 Å². The highest BCUT2D eigenvalue weighted by molar-refractivity contribution is 8.15. The smallest absolute Gasteiger partial charge is 0.161 e.